The van der Waals surface area contributed by atoms with Gasteiger partial charge < -0.3 is 20.1 Å². The standard InChI is InChI=1S/C24H27N3O4/c1-2-3-9-21-25-15-22(26-20(24(30)31)14-17-7-5-4-6-8-17)27(21)16-18-10-12-19(13-11-18)23(28)29/h4-8,10-13,15,20,26H,2-3,9,14,16H2,1H3,(H,28,29)(H,30,31)/t20-/m0/s1. The first kappa shape index (κ1) is 22.1. The predicted octanol–water partition coefficient (Wildman–Crippen LogP) is 4.08. The third-order valence-corrected chi connectivity index (χ3v) is 5.14. The van der Waals surface area contributed by atoms with E-state index in [1.165, 1.54) is 0 Å². The van der Waals surface area contributed by atoms with Gasteiger partial charge in [-0.2, -0.15) is 0 Å². The van der Waals surface area contributed by atoms with Crippen LogP contribution in [-0.2, 0) is 24.2 Å². The number of carboxylic acid groups (broad SMARTS) is 2. The van der Waals surface area contributed by atoms with Gasteiger partial charge in [0.2, 0.25) is 0 Å². The third kappa shape index (κ3) is 5.94. The molecule has 0 saturated heterocycles. The van der Waals surface area contributed by atoms with Crippen molar-refractivity contribution in [2.75, 3.05) is 5.32 Å². The fraction of sp³-hybridized carbons (Fsp3) is 0.292. The zero-order chi connectivity index (χ0) is 22.2. The summed E-state index contributed by atoms with van der Waals surface area (Å²) in [6.07, 6.45) is 4.80. The number of nitrogens with one attached hydrogen (secondary N) is 1. The van der Waals surface area contributed by atoms with Gasteiger partial charge in [0.1, 0.15) is 17.7 Å². The average molecular weight is 421 g/mol. The normalized spacial score (nSPS) is 11.8. The number of unbranched alkanes of at least 4 members (excludes halogenated alkanes) is 1. The molecule has 0 aliphatic rings. The average Bonchev–Trinajstić information content (AvgIpc) is 3.14. The van der Waals surface area contributed by atoms with E-state index in [2.05, 4.69) is 17.2 Å². The molecule has 7 heteroatoms. The molecule has 0 aliphatic carbocycles. The van der Waals surface area contributed by atoms with Gasteiger partial charge in [-0.05, 0) is 29.7 Å². The van der Waals surface area contributed by atoms with E-state index in [-0.39, 0.29) is 5.56 Å². The van der Waals surface area contributed by atoms with E-state index in [0.29, 0.717) is 18.8 Å². The first-order valence-corrected chi connectivity index (χ1v) is 10.4. The van der Waals surface area contributed by atoms with Crippen molar-refractivity contribution >= 4 is 17.8 Å². The van der Waals surface area contributed by atoms with Crippen molar-refractivity contribution in [1.82, 2.24) is 9.55 Å². The molecule has 2 aromatic carbocycles. The smallest absolute Gasteiger partial charge is 0.335 e. The van der Waals surface area contributed by atoms with Crippen LogP contribution in [0.15, 0.2) is 60.8 Å². The van der Waals surface area contributed by atoms with Crippen LogP contribution in [0.5, 0.6) is 0 Å². The van der Waals surface area contributed by atoms with Crippen LogP contribution in [-0.4, -0.2) is 37.7 Å². The number of nitrogens with zero attached hydrogens (tertiary/aromatic N) is 2. The Morgan fingerprint density at radius 3 is 2.35 bits per heavy atom. The molecule has 0 saturated carbocycles. The van der Waals surface area contributed by atoms with Gasteiger partial charge in [0.15, 0.2) is 0 Å². The molecule has 0 amide bonds. The Hall–Kier alpha value is -3.61. The van der Waals surface area contributed by atoms with Gasteiger partial charge in [-0.25, -0.2) is 14.6 Å². The maximum Gasteiger partial charge on any atom is 0.335 e. The monoisotopic (exact) mass is 421 g/mol. The highest BCUT2D eigenvalue weighted by atomic mass is 16.4. The van der Waals surface area contributed by atoms with Gasteiger partial charge in [0, 0.05) is 12.8 Å². The summed E-state index contributed by atoms with van der Waals surface area (Å²) in [6.45, 7) is 2.58. The first-order valence-electron chi connectivity index (χ1n) is 10.4. The summed E-state index contributed by atoms with van der Waals surface area (Å²) in [5.41, 5.74) is 2.08. The Morgan fingerprint density at radius 2 is 1.74 bits per heavy atom. The number of benzene rings is 2. The van der Waals surface area contributed by atoms with Crippen LogP contribution in [0.25, 0.3) is 0 Å². The lowest BCUT2D eigenvalue weighted by Crippen LogP contribution is -2.32. The van der Waals surface area contributed by atoms with Crippen LogP contribution in [0, 0.1) is 0 Å². The van der Waals surface area contributed by atoms with Crippen molar-refractivity contribution in [2.45, 2.75) is 45.2 Å². The number of anilines is 1. The quantitative estimate of drug-likeness (QED) is 0.431. The molecule has 1 aromatic heterocycles. The molecule has 1 atom stereocenters. The summed E-state index contributed by atoms with van der Waals surface area (Å²) in [5, 5.41) is 22.0. The van der Waals surface area contributed by atoms with Crippen molar-refractivity contribution in [3.05, 3.63) is 83.3 Å². The minimum atomic E-state index is -0.967. The minimum Gasteiger partial charge on any atom is -0.480 e. The predicted molar refractivity (Wildman–Crippen MR) is 119 cm³/mol. The number of hydrogen-bond donors (Lipinski definition) is 3. The molecule has 0 bridgehead atoms. The topological polar surface area (TPSA) is 104 Å². The molecular weight excluding hydrogens is 394 g/mol. The number of aliphatic carboxylic acids is 1. The van der Waals surface area contributed by atoms with Crippen LogP contribution >= 0.6 is 0 Å². The zero-order valence-corrected chi connectivity index (χ0v) is 17.5. The van der Waals surface area contributed by atoms with Crippen LogP contribution in [0.1, 0.15) is 47.1 Å². The maximum atomic E-state index is 11.9. The summed E-state index contributed by atoms with van der Waals surface area (Å²) in [6, 6.07) is 15.4. The lowest BCUT2D eigenvalue weighted by molar-refractivity contribution is -0.137. The molecule has 0 unspecified atom stereocenters. The highest BCUT2D eigenvalue weighted by molar-refractivity contribution is 5.87. The van der Waals surface area contributed by atoms with Gasteiger partial charge in [0.25, 0.3) is 0 Å². The molecule has 0 radical (unpaired) electrons. The van der Waals surface area contributed by atoms with Gasteiger partial charge in [-0.15, -0.1) is 0 Å². The second-order valence-corrected chi connectivity index (χ2v) is 7.48. The van der Waals surface area contributed by atoms with Gasteiger partial charge in [-0.3, -0.25) is 0 Å². The van der Waals surface area contributed by atoms with Crippen molar-refractivity contribution in [2.24, 2.45) is 0 Å². The molecular formula is C24H27N3O4. The first-order chi connectivity index (χ1) is 15.0. The molecule has 7 nitrogen and oxygen atoms in total. The fourth-order valence-electron chi connectivity index (χ4n) is 3.40. The summed E-state index contributed by atoms with van der Waals surface area (Å²) in [4.78, 5) is 27.5. The van der Waals surface area contributed by atoms with Crippen LogP contribution < -0.4 is 5.32 Å². The van der Waals surface area contributed by atoms with Crippen molar-refractivity contribution < 1.29 is 19.8 Å². The van der Waals surface area contributed by atoms with E-state index >= 15 is 0 Å². The van der Waals surface area contributed by atoms with E-state index in [1.807, 2.05) is 34.9 Å². The molecule has 0 aliphatic heterocycles. The van der Waals surface area contributed by atoms with Crippen LogP contribution in [0.2, 0.25) is 0 Å². The van der Waals surface area contributed by atoms with Gasteiger partial charge in [0.05, 0.1) is 18.3 Å². The Labute approximate surface area is 181 Å². The lowest BCUT2D eigenvalue weighted by Gasteiger charge is -2.18. The lowest BCUT2D eigenvalue weighted by atomic mass is 10.1. The third-order valence-electron chi connectivity index (χ3n) is 5.14. The number of hydrogen-bond acceptors (Lipinski definition) is 4. The number of imidazole rings is 1. The number of carbonyl (C=O) groups is 2. The van der Waals surface area contributed by atoms with Crippen LogP contribution in [0.4, 0.5) is 5.82 Å². The molecule has 3 aromatic rings. The molecule has 0 fully saturated rings. The number of carboxylic acids is 2. The summed E-state index contributed by atoms with van der Waals surface area (Å²) in [7, 11) is 0. The number of aryl methyl sites for hydroxylation is 1. The summed E-state index contributed by atoms with van der Waals surface area (Å²) >= 11 is 0. The Morgan fingerprint density at radius 1 is 1.03 bits per heavy atom. The summed E-state index contributed by atoms with van der Waals surface area (Å²) in [5.74, 6) is -0.393. The van der Waals surface area contributed by atoms with E-state index in [4.69, 9.17) is 5.11 Å². The SMILES string of the molecule is CCCCc1ncc(N[C@@H](Cc2ccccc2)C(=O)O)n1Cc1ccc(C(=O)O)cc1. The second kappa shape index (κ2) is 10.4. The Bertz CT molecular complexity index is 1010. The zero-order valence-electron chi connectivity index (χ0n) is 17.5. The number of rotatable bonds is 11. The minimum absolute atomic E-state index is 0.229. The Balaban J connectivity index is 1.85. The number of aromatic nitrogens is 2. The van der Waals surface area contributed by atoms with E-state index in [9.17, 15) is 14.7 Å². The molecule has 3 rings (SSSR count). The fourth-order valence-corrected chi connectivity index (χ4v) is 3.40. The molecule has 3 N–H and O–H groups in total. The molecule has 0 spiro atoms. The van der Waals surface area contributed by atoms with Crippen molar-refractivity contribution in [1.29, 1.82) is 0 Å². The second-order valence-electron chi connectivity index (χ2n) is 7.48. The van der Waals surface area contributed by atoms with Crippen LogP contribution in [0.3, 0.4) is 0 Å². The highest BCUT2D eigenvalue weighted by Crippen LogP contribution is 2.19. The highest BCUT2D eigenvalue weighted by Gasteiger charge is 2.21. The largest absolute Gasteiger partial charge is 0.480 e. The summed E-state index contributed by atoms with van der Waals surface area (Å²) < 4.78 is 1.98. The molecule has 162 valence electrons. The maximum absolute atomic E-state index is 11.9. The molecule has 1 heterocycles. The number of aromatic carboxylic acids is 1. The van der Waals surface area contributed by atoms with Crippen molar-refractivity contribution in [3.63, 3.8) is 0 Å². The van der Waals surface area contributed by atoms with E-state index in [1.54, 1.807) is 30.5 Å². The van der Waals surface area contributed by atoms with Gasteiger partial charge in [-0.1, -0.05) is 55.8 Å². The molecule has 31 heavy (non-hydrogen) atoms. The van der Waals surface area contributed by atoms with Crippen molar-refractivity contribution in [3.8, 4) is 0 Å². The van der Waals surface area contributed by atoms with E-state index in [0.717, 1.165) is 36.2 Å². The Kier molecular flexibility index (Phi) is 7.43. The van der Waals surface area contributed by atoms with E-state index < -0.39 is 18.0 Å². The van der Waals surface area contributed by atoms with Gasteiger partial charge >= 0.3 is 11.9 Å².